The van der Waals surface area contributed by atoms with E-state index in [9.17, 15) is 9.59 Å². The van der Waals surface area contributed by atoms with Crippen molar-refractivity contribution in [3.8, 4) is 0 Å². The fourth-order valence-electron chi connectivity index (χ4n) is 3.78. The number of hydrogen-bond donors (Lipinski definition) is 2. The first kappa shape index (κ1) is 23.9. The number of benzene rings is 3. The number of aryl methyl sites for hydroxylation is 1. The van der Waals surface area contributed by atoms with E-state index in [0.29, 0.717) is 5.56 Å². The fourth-order valence-corrected chi connectivity index (χ4v) is 4.63. The molecule has 0 aliphatic carbocycles. The first-order chi connectivity index (χ1) is 16.5. The maximum absolute atomic E-state index is 13.0. The Hall–Kier alpha value is -3.29. The molecule has 6 nitrogen and oxygen atoms in total. The Morgan fingerprint density at radius 2 is 1.44 bits per heavy atom. The highest BCUT2D eigenvalue weighted by Crippen LogP contribution is 2.25. The smallest absolute Gasteiger partial charge is 0.256 e. The van der Waals surface area contributed by atoms with Gasteiger partial charge in [-0.05, 0) is 62.5 Å². The van der Waals surface area contributed by atoms with Crippen LogP contribution >= 0.6 is 11.8 Å². The van der Waals surface area contributed by atoms with Gasteiger partial charge in [-0.1, -0.05) is 29.8 Å². The summed E-state index contributed by atoms with van der Waals surface area (Å²) in [4.78, 5) is 30.8. The van der Waals surface area contributed by atoms with Crippen molar-refractivity contribution in [2.45, 2.75) is 11.8 Å². The lowest BCUT2D eigenvalue weighted by Gasteiger charge is -2.34. The van der Waals surface area contributed by atoms with Crippen molar-refractivity contribution in [3.05, 3.63) is 83.9 Å². The number of amides is 2. The Morgan fingerprint density at radius 1 is 0.824 bits per heavy atom. The molecule has 1 saturated heterocycles. The highest BCUT2D eigenvalue weighted by molar-refractivity contribution is 8.00. The molecule has 2 amide bonds. The number of likely N-dealkylation sites (N-methyl/N-ethyl adjacent to an activating group) is 1. The number of nitrogens with one attached hydrogen (secondary N) is 2. The van der Waals surface area contributed by atoms with Crippen molar-refractivity contribution in [1.82, 2.24) is 4.90 Å². The molecule has 0 atom stereocenters. The lowest BCUT2D eigenvalue weighted by molar-refractivity contribution is -0.113. The van der Waals surface area contributed by atoms with E-state index in [-0.39, 0.29) is 17.6 Å². The van der Waals surface area contributed by atoms with E-state index in [1.165, 1.54) is 17.4 Å². The van der Waals surface area contributed by atoms with E-state index >= 15 is 0 Å². The molecule has 34 heavy (non-hydrogen) atoms. The summed E-state index contributed by atoms with van der Waals surface area (Å²) in [7, 11) is 2.14. The van der Waals surface area contributed by atoms with Crippen LogP contribution < -0.4 is 15.5 Å². The highest BCUT2D eigenvalue weighted by Gasteiger charge is 2.16. The minimum Gasteiger partial charge on any atom is -0.369 e. The summed E-state index contributed by atoms with van der Waals surface area (Å²) < 4.78 is 0. The number of anilines is 3. The van der Waals surface area contributed by atoms with Crippen molar-refractivity contribution in [2.24, 2.45) is 0 Å². The minimum absolute atomic E-state index is 0.108. The molecule has 7 heteroatoms. The topological polar surface area (TPSA) is 64.7 Å². The number of piperazine rings is 1. The molecule has 0 aromatic heterocycles. The molecular weight excluding hydrogens is 444 g/mol. The van der Waals surface area contributed by atoms with Gasteiger partial charge in [0.1, 0.15) is 0 Å². The van der Waals surface area contributed by atoms with E-state index in [4.69, 9.17) is 0 Å². The van der Waals surface area contributed by atoms with Crippen LogP contribution in [-0.2, 0) is 4.79 Å². The van der Waals surface area contributed by atoms with E-state index in [0.717, 1.165) is 48.0 Å². The summed E-state index contributed by atoms with van der Waals surface area (Å²) in [6.45, 7) is 6.12. The van der Waals surface area contributed by atoms with Crippen molar-refractivity contribution >= 4 is 40.6 Å². The first-order valence-electron chi connectivity index (χ1n) is 11.4. The molecule has 0 bridgehead atoms. The number of hydrogen-bond acceptors (Lipinski definition) is 5. The second kappa shape index (κ2) is 11.2. The molecule has 1 aliphatic heterocycles. The number of nitrogens with zero attached hydrogens (tertiary/aromatic N) is 2. The summed E-state index contributed by atoms with van der Waals surface area (Å²) in [6.07, 6.45) is 0. The molecule has 2 N–H and O–H groups in total. The van der Waals surface area contributed by atoms with Crippen molar-refractivity contribution in [3.63, 3.8) is 0 Å². The van der Waals surface area contributed by atoms with Gasteiger partial charge < -0.3 is 20.4 Å². The summed E-state index contributed by atoms with van der Waals surface area (Å²) in [5.41, 5.74) is 4.38. The van der Waals surface area contributed by atoms with Gasteiger partial charge in [0.25, 0.3) is 5.91 Å². The zero-order valence-corrected chi connectivity index (χ0v) is 20.4. The van der Waals surface area contributed by atoms with Crippen molar-refractivity contribution < 1.29 is 9.59 Å². The van der Waals surface area contributed by atoms with Gasteiger partial charge in [-0.25, -0.2) is 0 Å². The monoisotopic (exact) mass is 474 g/mol. The third-order valence-electron chi connectivity index (χ3n) is 5.82. The standard InChI is InChI=1S/C27H30N4O2S/c1-20-7-9-21(10-8-20)28-26(32)19-34-25-6-4-3-5-24(25)27(33)29-22-11-13-23(14-12-22)31-17-15-30(2)16-18-31/h3-14H,15-19H2,1-2H3,(H,28,32)(H,29,33). The van der Waals surface area contributed by atoms with Crippen LogP contribution in [0, 0.1) is 6.92 Å². The lowest BCUT2D eigenvalue weighted by atomic mass is 10.2. The fraction of sp³-hybridized carbons (Fsp3) is 0.259. The summed E-state index contributed by atoms with van der Waals surface area (Å²) >= 11 is 1.35. The number of thioether (sulfide) groups is 1. The van der Waals surface area contributed by atoms with Crippen LogP contribution in [0.1, 0.15) is 15.9 Å². The Labute approximate surface area is 205 Å². The maximum atomic E-state index is 13.0. The van der Waals surface area contributed by atoms with Gasteiger partial charge in [0, 0.05) is 48.1 Å². The predicted molar refractivity (Wildman–Crippen MR) is 141 cm³/mol. The number of carbonyl (C=O) groups excluding carboxylic acids is 2. The quantitative estimate of drug-likeness (QED) is 0.485. The third-order valence-corrected chi connectivity index (χ3v) is 6.89. The Bertz CT molecular complexity index is 1120. The van der Waals surface area contributed by atoms with E-state index in [1.54, 1.807) is 6.07 Å². The summed E-state index contributed by atoms with van der Waals surface area (Å²) in [5, 5.41) is 5.88. The van der Waals surface area contributed by atoms with Crippen molar-refractivity contribution in [2.75, 3.05) is 54.5 Å². The van der Waals surface area contributed by atoms with Crippen molar-refractivity contribution in [1.29, 1.82) is 0 Å². The Kier molecular flexibility index (Phi) is 7.87. The van der Waals surface area contributed by atoms with E-state index in [2.05, 4.69) is 39.6 Å². The molecule has 1 heterocycles. The van der Waals surface area contributed by atoms with Gasteiger partial charge in [0.15, 0.2) is 0 Å². The third kappa shape index (κ3) is 6.40. The molecule has 3 aromatic rings. The van der Waals surface area contributed by atoms with Gasteiger partial charge in [0.05, 0.1) is 11.3 Å². The second-order valence-corrected chi connectivity index (χ2v) is 9.51. The largest absolute Gasteiger partial charge is 0.369 e. The lowest BCUT2D eigenvalue weighted by Crippen LogP contribution is -2.44. The molecule has 1 fully saturated rings. The predicted octanol–water partition coefficient (Wildman–Crippen LogP) is 4.73. The molecule has 176 valence electrons. The Balaban J connectivity index is 1.34. The van der Waals surface area contributed by atoms with Gasteiger partial charge in [-0.3, -0.25) is 9.59 Å². The summed E-state index contributed by atoms with van der Waals surface area (Å²) in [5.74, 6) is -0.0734. The molecule has 0 radical (unpaired) electrons. The normalized spacial score (nSPS) is 14.0. The molecule has 4 rings (SSSR count). The van der Waals surface area contributed by atoms with Crippen LogP contribution in [0.15, 0.2) is 77.7 Å². The van der Waals surface area contributed by atoms with Crippen LogP contribution in [0.2, 0.25) is 0 Å². The van der Waals surface area contributed by atoms with Gasteiger partial charge in [0.2, 0.25) is 5.91 Å². The Morgan fingerprint density at radius 3 is 2.15 bits per heavy atom. The van der Waals surface area contributed by atoms with Crippen LogP contribution in [0.4, 0.5) is 17.1 Å². The molecule has 3 aromatic carbocycles. The number of rotatable bonds is 7. The molecule has 0 spiro atoms. The van der Waals surface area contributed by atoms with Crippen LogP contribution in [-0.4, -0.2) is 55.7 Å². The average molecular weight is 475 g/mol. The van der Waals surface area contributed by atoms with E-state index < -0.39 is 0 Å². The highest BCUT2D eigenvalue weighted by atomic mass is 32.2. The second-order valence-electron chi connectivity index (χ2n) is 8.49. The average Bonchev–Trinajstić information content (AvgIpc) is 2.85. The number of carbonyl (C=O) groups is 2. The zero-order chi connectivity index (χ0) is 23.9. The first-order valence-corrected chi connectivity index (χ1v) is 12.4. The zero-order valence-electron chi connectivity index (χ0n) is 19.6. The van der Waals surface area contributed by atoms with Gasteiger partial charge >= 0.3 is 0 Å². The SMILES string of the molecule is Cc1ccc(NC(=O)CSc2ccccc2C(=O)Nc2ccc(N3CCN(C)CC3)cc2)cc1. The molecule has 0 unspecified atom stereocenters. The maximum Gasteiger partial charge on any atom is 0.256 e. The van der Waals surface area contributed by atoms with Gasteiger partial charge in [-0.2, -0.15) is 0 Å². The molecule has 1 aliphatic rings. The van der Waals surface area contributed by atoms with Gasteiger partial charge in [-0.15, -0.1) is 11.8 Å². The minimum atomic E-state index is -0.186. The molecule has 0 saturated carbocycles. The van der Waals surface area contributed by atoms with Crippen LogP contribution in [0.3, 0.4) is 0 Å². The molecular formula is C27H30N4O2S. The van der Waals surface area contributed by atoms with Crippen LogP contribution in [0.5, 0.6) is 0 Å². The van der Waals surface area contributed by atoms with E-state index in [1.807, 2.05) is 61.5 Å². The summed E-state index contributed by atoms with van der Waals surface area (Å²) in [6, 6.07) is 23.0. The van der Waals surface area contributed by atoms with Crippen LogP contribution in [0.25, 0.3) is 0 Å².